The third kappa shape index (κ3) is 4.30. The molecule has 3 heteroatoms. The van der Waals surface area contributed by atoms with E-state index in [1.165, 1.54) is 11.6 Å². The predicted octanol–water partition coefficient (Wildman–Crippen LogP) is 3.41. The number of aryl methyl sites for hydroxylation is 1. The first-order valence-electron chi connectivity index (χ1n) is 5.13. The number of unbranched alkanes of at least 4 members (excludes halogenated alkanes) is 1. The van der Waals surface area contributed by atoms with Crippen LogP contribution < -0.4 is 0 Å². The van der Waals surface area contributed by atoms with Crippen molar-refractivity contribution in [3.8, 4) is 0 Å². The second-order valence-electron chi connectivity index (χ2n) is 3.32. The van der Waals surface area contributed by atoms with E-state index >= 15 is 0 Å². The molecule has 2 nitrogen and oxygen atoms in total. The highest BCUT2D eigenvalue weighted by atomic mass is 32.1. The van der Waals surface area contributed by atoms with Crippen LogP contribution in [0.3, 0.4) is 0 Å². The maximum absolute atomic E-state index is 11.2. The van der Waals surface area contributed by atoms with Gasteiger partial charge in [0.05, 0.1) is 6.61 Å². The number of carbonyl (C=O) groups excluding carboxylic acids is 1. The van der Waals surface area contributed by atoms with E-state index in [1.807, 2.05) is 24.4 Å². The summed E-state index contributed by atoms with van der Waals surface area (Å²) in [6, 6.07) is 2.03. The monoisotopic (exact) mass is 224 g/mol. The molecule has 0 radical (unpaired) electrons. The summed E-state index contributed by atoms with van der Waals surface area (Å²) in [6.07, 6.45) is 5.28. The van der Waals surface area contributed by atoms with Crippen molar-refractivity contribution in [3.63, 3.8) is 0 Å². The van der Waals surface area contributed by atoms with Gasteiger partial charge < -0.3 is 4.74 Å². The van der Waals surface area contributed by atoms with Crippen LogP contribution in [-0.2, 0) is 9.53 Å². The number of ether oxygens (including phenoxy) is 1. The molecular formula is C12H16O2S. The molecule has 0 amide bonds. The van der Waals surface area contributed by atoms with Crippen molar-refractivity contribution in [1.29, 1.82) is 0 Å². The maximum Gasteiger partial charge on any atom is 0.330 e. The lowest BCUT2D eigenvalue weighted by Gasteiger charge is -1.98. The number of esters is 1. The molecule has 0 fully saturated rings. The first kappa shape index (κ1) is 12.0. The fourth-order valence-electron chi connectivity index (χ4n) is 1.06. The molecule has 0 saturated heterocycles. The molecule has 0 aliphatic rings. The van der Waals surface area contributed by atoms with Crippen molar-refractivity contribution in [2.45, 2.75) is 26.7 Å². The van der Waals surface area contributed by atoms with E-state index < -0.39 is 0 Å². The van der Waals surface area contributed by atoms with Gasteiger partial charge in [-0.25, -0.2) is 4.79 Å². The van der Waals surface area contributed by atoms with Crippen molar-refractivity contribution in [2.24, 2.45) is 0 Å². The summed E-state index contributed by atoms with van der Waals surface area (Å²) in [4.78, 5) is 12.3. The van der Waals surface area contributed by atoms with Gasteiger partial charge in [-0.2, -0.15) is 0 Å². The van der Waals surface area contributed by atoms with Crippen molar-refractivity contribution < 1.29 is 9.53 Å². The van der Waals surface area contributed by atoms with E-state index in [0.717, 1.165) is 17.7 Å². The van der Waals surface area contributed by atoms with E-state index in [9.17, 15) is 4.79 Å². The summed E-state index contributed by atoms with van der Waals surface area (Å²) in [7, 11) is 0. The molecule has 0 bridgehead atoms. The minimum Gasteiger partial charge on any atom is -0.463 e. The number of carbonyl (C=O) groups is 1. The Bertz CT molecular complexity index is 339. The summed E-state index contributed by atoms with van der Waals surface area (Å²) in [5.41, 5.74) is 1.19. The Morgan fingerprint density at radius 3 is 3.00 bits per heavy atom. The van der Waals surface area contributed by atoms with Crippen LogP contribution in [0.2, 0.25) is 0 Å². The molecule has 1 rings (SSSR count). The highest BCUT2D eigenvalue weighted by molar-refractivity contribution is 7.11. The van der Waals surface area contributed by atoms with Gasteiger partial charge in [0.2, 0.25) is 0 Å². The molecule has 0 aliphatic carbocycles. The van der Waals surface area contributed by atoms with Gasteiger partial charge in [0.15, 0.2) is 0 Å². The summed E-state index contributed by atoms with van der Waals surface area (Å²) in [6.45, 7) is 4.61. The summed E-state index contributed by atoms with van der Waals surface area (Å²) >= 11 is 1.63. The fourth-order valence-corrected chi connectivity index (χ4v) is 1.88. The highest BCUT2D eigenvalue weighted by Crippen LogP contribution is 2.16. The van der Waals surface area contributed by atoms with E-state index in [4.69, 9.17) is 4.74 Å². The Morgan fingerprint density at radius 2 is 2.40 bits per heavy atom. The predicted molar refractivity (Wildman–Crippen MR) is 64.0 cm³/mol. The van der Waals surface area contributed by atoms with Gasteiger partial charge >= 0.3 is 5.97 Å². The van der Waals surface area contributed by atoms with Crippen LogP contribution >= 0.6 is 11.3 Å². The molecule has 0 saturated carbocycles. The van der Waals surface area contributed by atoms with Crippen molar-refractivity contribution in [1.82, 2.24) is 0 Å². The molecule has 0 N–H and O–H groups in total. The normalized spacial score (nSPS) is 10.8. The zero-order chi connectivity index (χ0) is 11.1. The second-order valence-corrected chi connectivity index (χ2v) is 4.27. The second kappa shape index (κ2) is 6.40. The standard InChI is InChI=1S/C12H16O2S/c1-3-4-8-14-12(13)6-5-11-10(2)7-9-15-11/h5-7,9H,3-4,8H2,1-2H3/b6-5+. The quantitative estimate of drug-likeness (QED) is 0.435. The zero-order valence-electron chi connectivity index (χ0n) is 9.16. The molecule has 0 spiro atoms. The smallest absolute Gasteiger partial charge is 0.330 e. The van der Waals surface area contributed by atoms with Crippen molar-refractivity contribution in [2.75, 3.05) is 6.61 Å². The third-order valence-corrected chi connectivity index (χ3v) is 3.00. The Kier molecular flexibility index (Phi) is 5.12. The highest BCUT2D eigenvalue weighted by Gasteiger charge is 1.98. The average molecular weight is 224 g/mol. The molecule has 0 aliphatic heterocycles. The minimum atomic E-state index is -0.253. The van der Waals surface area contributed by atoms with Gasteiger partial charge in [0, 0.05) is 11.0 Å². The molecule has 1 aromatic heterocycles. The molecule has 1 heterocycles. The Morgan fingerprint density at radius 1 is 1.60 bits per heavy atom. The van der Waals surface area contributed by atoms with Crippen LogP contribution in [-0.4, -0.2) is 12.6 Å². The molecule has 15 heavy (non-hydrogen) atoms. The maximum atomic E-state index is 11.2. The van der Waals surface area contributed by atoms with Crippen LogP contribution in [0, 0.1) is 6.92 Å². The number of hydrogen-bond donors (Lipinski definition) is 0. The van der Waals surface area contributed by atoms with E-state index in [1.54, 1.807) is 11.3 Å². The first-order valence-corrected chi connectivity index (χ1v) is 6.01. The molecule has 82 valence electrons. The van der Waals surface area contributed by atoms with Gasteiger partial charge in [-0.15, -0.1) is 11.3 Å². The Hall–Kier alpha value is -1.09. The number of thiophene rings is 1. The third-order valence-electron chi connectivity index (χ3n) is 2.01. The van der Waals surface area contributed by atoms with E-state index in [0.29, 0.717) is 6.61 Å². The SMILES string of the molecule is CCCCOC(=O)/C=C/c1sccc1C. The Labute approximate surface area is 94.6 Å². The van der Waals surface area contributed by atoms with Crippen LogP contribution in [0.5, 0.6) is 0 Å². The first-order chi connectivity index (χ1) is 7.24. The Balaban J connectivity index is 2.38. The van der Waals surface area contributed by atoms with Gasteiger partial charge in [-0.05, 0) is 36.4 Å². The fraction of sp³-hybridized carbons (Fsp3) is 0.417. The average Bonchev–Trinajstić information content (AvgIpc) is 2.61. The van der Waals surface area contributed by atoms with Crippen LogP contribution in [0.4, 0.5) is 0 Å². The lowest BCUT2D eigenvalue weighted by atomic mass is 10.3. The van der Waals surface area contributed by atoms with E-state index in [-0.39, 0.29) is 5.97 Å². The van der Waals surface area contributed by atoms with Gasteiger partial charge in [0.25, 0.3) is 0 Å². The number of hydrogen-bond acceptors (Lipinski definition) is 3. The lowest BCUT2D eigenvalue weighted by Crippen LogP contribution is -2.01. The van der Waals surface area contributed by atoms with Crippen molar-refractivity contribution in [3.05, 3.63) is 28.0 Å². The molecule has 1 aromatic rings. The molecule has 0 atom stereocenters. The minimum absolute atomic E-state index is 0.253. The number of rotatable bonds is 5. The van der Waals surface area contributed by atoms with Gasteiger partial charge in [-0.1, -0.05) is 13.3 Å². The summed E-state index contributed by atoms with van der Waals surface area (Å²) in [5, 5.41) is 2.01. The van der Waals surface area contributed by atoms with Crippen molar-refractivity contribution >= 4 is 23.4 Å². The largest absolute Gasteiger partial charge is 0.463 e. The molecule has 0 unspecified atom stereocenters. The lowest BCUT2D eigenvalue weighted by molar-refractivity contribution is -0.137. The molecular weight excluding hydrogens is 208 g/mol. The van der Waals surface area contributed by atoms with Crippen LogP contribution in [0.15, 0.2) is 17.5 Å². The van der Waals surface area contributed by atoms with Gasteiger partial charge in [0.1, 0.15) is 0 Å². The summed E-state index contributed by atoms with van der Waals surface area (Å²) in [5.74, 6) is -0.253. The van der Waals surface area contributed by atoms with Crippen LogP contribution in [0.1, 0.15) is 30.2 Å². The topological polar surface area (TPSA) is 26.3 Å². The summed E-state index contributed by atoms with van der Waals surface area (Å²) < 4.78 is 5.00. The van der Waals surface area contributed by atoms with Crippen LogP contribution in [0.25, 0.3) is 6.08 Å². The molecule has 0 aromatic carbocycles. The van der Waals surface area contributed by atoms with E-state index in [2.05, 4.69) is 6.92 Å². The zero-order valence-corrected chi connectivity index (χ0v) is 9.97. The van der Waals surface area contributed by atoms with Gasteiger partial charge in [-0.3, -0.25) is 0 Å².